The lowest BCUT2D eigenvalue weighted by Crippen LogP contribution is -2.03. The molecule has 0 aliphatic heterocycles. The summed E-state index contributed by atoms with van der Waals surface area (Å²) in [7, 11) is 0. The fourth-order valence-corrected chi connectivity index (χ4v) is 1.98. The number of hydrogen-bond acceptors (Lipinski definition) is 2. The van der Waals surface area contributed by atoms with E-state index in [1.807, 2.05) is 6.92 Å². The second-order valence-corrected chi connectivity index (χ2v) is 4.23. The van der Waals surface area contributed by atoms with Crippen molar-refractivity contribution in [3.8, 4) is 0 Å². The van der Waals surface area contributed by atoms with Gasteiger partial charge in [0.25, 0.3) is 0 Å². The Morgan fingerprint density at radius 3 is 2.80 bits per heavy atom. The van der Waals surface area contributed by atoms with Gasteiger partial charge in [-0.25, -0.2) is 4.39 Å². The number of halogens is 1. The maximum absolute atomic E-state index is 13.0. The first kappa shape index (κ1) is 8.92. The molecular weight excluding hydrogens is 195 g/mol. The minimum atomic E-state index is -0.792. The molecule has 2 nitrogen and oxygen atoms in total. The Morgan fingerprint density at radius 2 is 2.13 bits per heavy atom. The van der Waals surface area contributed by atoms with Crippen molar-refractivity contribution in [1.29, 1.82) is 0 Å². The minimum absolute atomic E-state index is 0.277. The van der Waals surface area contributed by atoms with Crippen LogP contribution in [-0.4, -0.2) is 5.11 Å². The van der Waals surface area contributed by atoms with Crippen LogP contribution in [0.1, 0.15) is 24.2 Å². The predicted molar refractivity (Wildman–Crippen MR) is 54.0 cm³/mol. The second kappa shape index (κ2) is 2.61. The molecule has 3 heteroatoms. The van der Waals surface area contributed by atoms with Crippen molar-refractivity contribution in [3.63, 3.8) is 0 Å². The van der Waals surface area contributed by atoms with Gasteiger partial charge in [0.05, 0.1) is 0 Å². The zero-order valence-corrected chi connectivity index (χ0v) is 8.38. The van der Waals surface area contributed by atoms with Crippen molar-refractivity contribution in [2.75, 3.05) is 0 Å². The molecule has 1 fully saturated rings. The molecule has 0 radical (unpaired) electrons. The molecule has 2 aromatic rings. The molecule has 1 aliphatic rings. The molecule has 78 valence electrons. The van der Waals surface area contributed by atoms with Gasteiger partial charge in [-0.1, -0.05) is 0 Å². The van der Waals surface area contributed by atoms with Gasteiger partial charge in [0, 0.05) is 10.9 Å². The zero-order valence-electron chi connectivity index (χ0n) is 8.38. The van der Waals surface area contributed by atoms with E-state index in [2.05, 4.69) is 0 Å². The van der Waals surface area contributed by atoms with Gasteiger partial charge in [-0.05, 0) is 38.0 Å². The minimum Gasteiger partial charge on any atom is -0.458 e. The first-order valence-corrected chi connectivity index (χ1v) is 5.02. The molecule has 1 N–H and O–H groups in total. The van der Waals surface area contributed by atoms with Crippen LogP contribution in [0.25, 0.3) is 11.0 Å². The summed E-state index contributed by atoms with van der Waals surface area (Å²) in [6.07, 6.45) is 1.46. The smallest absolute Gasteiger partial charge is 0.139 e. The third-order valence-corrected chi connectivity index (χ3v) is 3.04. The molecule has 15 heavy (non-hydrogen) atoms. The standard InChI is InChI=1S/C12H11FO2/c1-7-9-6-8(13)2-3-10(9)15-11(7)12(14)4-5-12/h2-3,6,14H,4-5H2,1H3. The van der Waals surface area contributed by atoms with Gasteiger partial charge in [0.15, 0.2) is 0 Å². The zero-order chi connectivity index (χ0) is 10.6. The normalized spacial score (nSPS) is 18.3. The monoisotopic (exact) mass is 206 g/mol. The molecule has 1 aromatic carbocycles. The molecule has 1 aromatic heterocycles. The maximum atomic E-state index is 13.0. The Morgan fingerprint density at radius 1 is 1.40 bits per heavy atom. The highest BCUT2D eigenvalue weighted by Crippen LogP contribution is 2.48. The van der Waals surface area contributed by atoms with Gasteiger partial charge < -0.3 is 9.52 Å². The molecular formula is C12H11FO2. The lowest BCUT2D eigenvalue weighted by molar-refractivity contribution is 0.124. The van der Waals surface area contributed by atoms with Crippen LogP contribution in [0.3, 0.4) is 0 Å². The second-order valence-electron chi connectivity index (χ2n) is 4.23. The van der Waals surface area contributed by atoms with Gasteiger partial charge in [-0.2, -0.15) is 0 Å². The van der Waals surface area contributed by atoms with E-state index in [1.54, 1.807) is 6.07 Å². The third-order valence-electron chi connectivity index (χ3n) is 3.04. The molecule has 1 aliphatic carbocycles. The van der Waals surface area contributed by atoms with Crippen LogP contribution in [0, 0.1) is 12.7 Å². The van der Waals surface area contributed by atoms with Gasteiger partial charge in [-0.15, -0.1) is 0 Å². The van der Waals surface area contributed by atoms with Gasteiger partial charge in [0.1, 0.15) is 22.8 Å². The van der Waals surface area contributed by atoms with Crippen molar-refractivity contribution >= 4 is 11.0 Å². The molecule has 1 saturated carbocycles. The maximum Gasteiger partial charge on any atom is 0.139 e. The molecule has 3 rings (SSSR count). The molecule has 0 atom stereocenters. The van der Waals surface area contributed by atoms with E-state index in [0.717, 1.165) is 23.8 Å². The summed E-state index contributed by atoms with van der Waals surface area (Å²) >= 11 is 0. The molecule has 1 heterocycles. The Kier molecular flexibility index (Phi) is 1.55. The van der Waals surface area contributed by atoms with Crippen LogP contribution >= 0.6 is 0 Å². The van der Waals surface area contributed by atoms with E-state index in [-0.39, 0.29) is 5.82 Å². The number of rotatable bonds is 1. The van der Waals surface area contributed by atoms with E-state index >= 15 is 0 Å². The fourth-order valence-electron chi connectivity index (χ4n) is 1.98. The van der Waals surface area contributed by atoms with Crippen molar-refractivity contribution in [3.05, 3.63) is 35.3 Å². The molecule has 0 bridgehead atoms. The first-order chi connectivity index (χ1) is 7.10. The highest BCUT2D eigenvalue weighted by Gasteiger charge is 2.46. The average molecular weight is 206 g/mol. The van der Waals surface area contributed by atoms with E-state index in [0.29, 0.717) is 11.3 Å². The van der Waals surface area contributed by atoms with Crippen LogP contribution in [0.2, 0.25) is 0 Å². The first-order valence-electron chi connectivity index (χ1n) is 5.02. The largest absolute Gasteiger partial charge is 0.458 e. The highest BCUT2D eigenvalue weighted by molar-refractivity contribution is 5.82. The topological polar surface area (TPSA) is 33.4 Å². The van der Waals surface area contributed by atoms with Gasteiger partial charge >= 0.3 is 0 Å². The summed E-state index contributed by atoms with van der Waals surface area (Å²) in [5.74, 6) is 0.323. The van der Waals surface area contributed by atoms with E-state index < -0.39 is 5.60 Å². The Bertz CT molecular complexity index is 538. The molecule has 0 amide bonds. The van der Waals surface area contributed by atoms with Crippen molar-refractivity contribution < 1.29 is 13.9 Å². The summed E-state index contributed by atoms with van der Waals surface area (Å²) < 4.78 is 18.6. The molecule has 0 unspecified atom stereocenters. The average Bonchev–Trinajstić information content (AvgIpc) is 2.86. The van der Waals surface area contributed by atoms with Crippen molar-refractivity contribution in [1.82, 2.24) is 0 Å². The van der Waals surface area contributed by atoms with Crippen LogP contribution in [0.4, 0.5) is 4.39 Å². The fraction of sp³-hybridized carbons (Fsp3) is 0.333. The van der Waals surface area contributed by atoms with Crippen molar-refractivity contribution in [2.45, 2.75) is 25.4 Å². The summed E-state index contributed by atoms with van der Waals surface area (Å²) in [5.41, 5.74) is 0.702. The van der Waals surface area contributed by atoms with Crippen LogP contribution in [0.5, 0.6) is 0 Å². The molecule has 0 saturated heterocycles. The van der Waals surface area contributed by atoms with E-state index in [1.165, 1.54) is 12.1 Å². The predicted octanol–water partition coefficient (Wildman–Crippen LogP) is 2.86. The van der Waals surface area contributed by atoms with E-state index in [9.17, 15) is 9.50 Å². The Balaban J connectivity index is 2.29. The summed E-state index contributed by atoms with van der Waals surface area (Å²) in [5, 5.41) is 10.7. The van der Waals surface area contributed by atoms with Gasteiger partial charge in [-0.3, -0.25) is 0 Å². The van der Waals surface area contributed by atoms with Crippen LogP contribution < -0.4 is 0 Å². The Hall–Kier alpha value is -1.35. The SMILES string of the molecule is Cc1c(C2(O)CC2)oc2ccc(F)cc12. The number of benzene rings is 1. The molecule has 0 spiro atoms. The Labute approximate surface area is 86.3 Å². The van der Waals surface area contributed by atoms with E-state index in [4.69, 9.17) is 4.42 Å². The van der Waals surface area contributed by atoms with Gasteiger partial charge in [0.2, 0.25) is 0 Å². The van der Waals surface area contributed by atoms with Crippen LogP contribution in [0.15, 0.2) is 22.6 Å². The number of fused-ring (bicyclic) bond motifs is 1. The summed E-state index contributed by atoms with van der Waals surface area (Å²) in [4.78, 5) is 0. The summed E-state index contributed by atoms with van der Waals surface area (Å²) in [6.45, 7) is 1.86. The number of aryl methyl sites for hydroxylation is 1. The lowest BCUT2D eigenvalue weighted by Gasteiger charge is -2.03. The van der Waals surface area contributed by atoms with Crippen molar-refractivity contribution in [2.24, 2.45) is 0 Å². The third kappa shape index (κ3) is 1.20. The highest BCUT2D eigenvalue weighted by atomic mass is 19.1. The number of hydrogen-bond donors (Lipinski definition) is 1. The lowest BCUT2D eigenvalue weighted by atomic mass is 10.1. The number of aliphatic hydroxyl groups is 1. The number of furan rings is 1. The van der Waals surface area contributed by atoms with Crippen LogP contribution in [-0.2, 0) is 5.60 Å². The quantitative estimate of drug-likeness (QED) is 0.778. The summed E-state index contributed by atoms with van der Waals surface area (Å²) in [6, 6.07) is 4.42.